The molecule has 7 heteroatoms. The van der Waals surface area contributed by atoms with Crippen molar-refractivity contribution < 1.29 is 27.8 Å². The molecule has 1 heterocycles. The Kier molecular flexibility index (Phi) is 6.25. The number of esters is 1. The van der Waals surface area contributed by atoms with Gasteiger partial charge >= 0.3 is 11.9 Å². The first-order valence-electron chi connectivity index (χ1n) is 7.95. The zero-order valence-electron chi connectivity index (χ0n) is 13.5. The SMILES string of the molecule is CCOC(=O)C(F)(F)C(NC(=O)c1ccccc1)C1CCOCC1. The normalized spacial score (nSPS) is 17.1. The molecule has 132 valence electrons. The van der Waals surface area contributed by atoms with Crippen molar-refractivity contribution in [2.24, 2.45) is 5.92 Å². The standard InChI is InChI=1S/C17H21F2NO4/c1-2-24-16(22)17(18,19)14(12-8-10-23-11-9-12)20-15(21)13-6-4-3-5-7-13/h3-7,12,14H,2,8-11H2,1H3,(H,20,21). The second-order valence-electron chi connectivity index (χ2n) is 5.61. The molecule has 0 saturated carbocycles. The van der Waals surface area contributed by atoms with E-state index >= 15 is 0 Å². The Balaban J connectivity index is 2.22. The first kappa shape index (κ1) is 18.3. The topological polar surface area (TPSA) is 64.6 Å². The minimum Gasteiger partial charge on any atom is -0.461 e. The van der Waals surface area contributed by atoms with E-state index in [0.29, 0.717) is 26.1 Å². The van der Waals surface area contributed by atoms with Gasteiger partial charge in [-0.1, -0.05) is 18.2 Å². The van der Waals surface area contributed by atoms with Crippen molar-refractivity contribution in [2.45, 2.75) is 31.7 Å². The molecule has 1 fully saturated rings. The van der Waals surface area contributed by atoms with Crippen LogP contribution in [0.1, 0.15) is 30.1 Å². The molecule has 24 heavy (non-hydrogen) atoms. The molecule has 0 bridgehead atoms. The number of amides is 1. The van der Waals surface area contributed by atoms with E-state index in [9.17, 15) is 18.4 Å². The van der Waals surface area contributed by atoms with Crippen molar-refractivity contribution in [3.8, 4) is 0 Å². The number of hydrogen-bond acceptors (Lipinski definition) is 4. The van der Waals surface area contributed by atoms with E-state index in [2.05, 4.69) is 10.1 Å². The molecule has 0 aromatic heterocycles. The number of carbonyl (C=O) groups excluding carboxylic acids is 2. The van der Waals surface area contributed by atoms with Crippen molar-refractivity contribution in [1.82, 2.24) is 5.32 Å². The van der Waals surface area contributed by atoms with E-state index in [-0.39, 0.29) is 12.2 Å². The Morgan fingerprint density at radius 3 is 2.50 bits per heavy atom. The number of alkyl halides is 2. The predicted molar refractivity (Wildman–Crippen MR) is 82.8 cm³/mol. The Morgan fingerprint density at radius 1 is 1.29 bits per heavy atom. The molecule has 1 N–H and O–H groups in total. The average molecular weight is 341 g/mol. The Morgan fingerprint density at radius 2 is 1.92 bits per heavy atom. The Hall–Kier alpha value is -2.02. The van der Waals surface area contributed by atoms with E-state index in [4.69, 9.17) is 4.74 Å². The van der Waals surface area contributed by atoms with Gasteiger partial charge in [0.2, 0.25) is 0 Å². The lowest BCUT2D eigenvalue weighted by Gasteiger charge is -2.34. The van der Waals surface area contributed by atoms with Gasteiger partial charge in [-0.25, -0.2) is 4.79 Å². The second kappa shape index (κ2) is 8.19. The van der Waals surface area contributed by atoms with Crippen molar-refractivity contribution in [1.29, 1.82) is 0 Å². The van der Waals surface area contributed by atoms with Gasteiger partial charge in [0.05, 0.1) is 6.61 Å². The van der Waals surface area contributed by atoms with Crippen molar-refractivity contribution in [2.75, 3.05) is 19.8 Å². The predicted octanol–water partition coefficient (Wildman–Crippen LogP) is 2.41. The summed E-state index contributed by atoms with van der Waals surface area (Å²) in [5.74, 6) is -6.63. The fourth-order valence-corrected chi connectivity index (χ4v) is 2.72. The van der Waals surface area contributed by atoms with Crippen LogP contribution in [-0.4, -0.2) is 43.7 Å². The third kappa shape index (κ3) is 4.29. The molecule has 1 amide bonds. The number of carbonyl (C=O) groups is 2. The van der Waals surface area contributed by atoms with Gasteiger partial charge in [-0.3, -0.25) is 4.79 Å². The smallest absolute Gasteiger partial charge is 0.379 e. The third-order valence-corrected chi connectivity index (χ3v) is 4.00. The molecule has 1 aliphatic rings. The van der Waals surface area contributed by atoms with E-state index in [1.807, 2.05) is 0 Å². The largest absolute Gasteiger partial charge is 0.461 e. The van der Waals surface area contributed by atoms with Gasteiger partial charge in [-0.05, 0) is 37.8 Å². The maximum Gasteiger partial charge on any atom is 0.379 e. The maximum absolute atomic E-state index is 14.6. The van der Waals surface area contributed by atoms with Crippen LogP contribution in [0.5, 0.6) is 0 Å². The molecule has 2 rings (SSSR count). The van der Waals surface area contributed by atoms with Crippen LogP contribution >= 0.6 is 0 Å². The highest BCUT2D eigenvalue weighted by molar-refractivity contribution is 5.95. The number of nitrogens with one attached hydrogen (secondary N) is 1. The summed E-state index contributed by atoms with van der Waals surface area (Å²) in [6.07, 6.45) is 0.684. The minimum atomic E-state index is -3.80. The molecular weight excluding hydrogens is 320 g/mol. The van der Waals surface area contributed by atoms with E-state index < -0.39 is 29.8 Å². The molecule has 0 spiro atoms. The molecule has 0 radical (unpaired) electrons. The van der Waals surface area contributed by atoms with Gasteiger partial charge in [0.1, 0.15) is 6.04 Å². The summed E-state index contributed by atoms with van der Waals surface area (Å²) in [5.41, 5.74) is 0.259. The minimum absolute atomic E-state index is 0.151. The van der Waals surface area contributed by atoms with Gasteiger partial charge in [0.25, 0.3) is 5.91 Å². The lowest BCUT2D eigenvalue weighted by molar-refractivity contribution is -0.179. The van der Waals surface area contributed by atoms with Gasteiger partial charge in [0, 0.05) is 18.8 Å². The number of benzene rings is 1. The highest BCUT2D eigenvalue weighted by Gasteiger charge is 2.52. The Labute approximate surface area is 139 Å². The van der Waals surface area contributed by atoms with Gasteiger partial charge in [0.15, 0.2) is 0 Å². The molecule has 1 saturated heterocycles. The first-order valence-corrected chi connectivity index (χ1v) is 7.95. The number of rotatable bonds is 6. The van der Waals surface area contributed by atoms with E-state index in [1.54, 1.807) is 18.2 Å². The van der Waals surface area contributed by atoms with Gasteiger partial charge in [-0.2, -0.15) is 8.78 Å². The van der Waals surface area contributed by atoms with E-state index in [0.717, 1.165) is 0 Å². The molecule has 1 atom stereocenters. The summed E-state index contributed by atoms with van der Waals surface area (Å²) < 4.78 is 38.9. The lowest BCUT2D eigenvalue weighted by Crippen LogP contribution is -2.57. The highest BCUT2D eigenvalue weighted by atomic mass is 19.3. The van der Waals surface area contributed by atoms with Gasteiger partial charge < -0.3 is 14.8 Å². The van der Waals surface area contributed by atoms with Gasteiger partial charge in [-0.15, -0.1) is 0 Å². The molecule has 1 unspecified atom stereocenters. The van der Waals surface area contributed by atoms with Crippen LogP contribution in [-0.2, 0) is 14.3 Å². The molecule has 1 aliphatic heterocycles. The Bertz CT molecular complexity index is 559. The number of ether oxygens (including phenoxy) is 2. The fourth-order valence-electron chi connectivity index (χ4n) is 2.72. The van der Waals surface area contributed by atoms with Crippen LogP contribution in [0.4, 0.5) is 8.78 Å². The summed E-state index contributed by atoms with van der Waals surface area (Å²) in [6, 6.07) is 6.43. The average Bonchev–Trinajstić information content (AvgIpc) is 2.61. The zero-order valence-corrected chi connectivity index (χ0v) is 13.5. The summed E-state index contributed by atoms with van der Waals surface area (Å²) >= 11 is 0. The summed E-state index contributed by atoms with van der Waals surface area (Å²) in [7, 11) is 0. The number of halogens is 2. The van der Waals surface area contributed by atoms with Crippen molar-refractivity contribution >= 4 is 11.9 Å². The van der Waals surface area contributed by atoms with E-state index in [1.165, 1.54) is 19.1 Å². The molecule has 1 aromatic carbocycles. The van der Waals surface area contributed by atoms with Crippen LogP contribution in [0.3, 0.4) is 0 Å². The second-order valence-corrected chi connectivity index (χ2v) is 5.61. The molecule has 0 aliphatic carbocycles. The van der Waals surface area contributed by atoms with Crippen LogP contribution in [0.2, 0.25) is 0 Å². The fraction of sp³-hybridized carbons (Fsp3) is 0.529. The zero-order chi connectivity index (χ0) is 17.6. The molecule has 5 nitrogen and oxygen atoms in total. The van der Waals surface area contributed by atoms with Crippen LogP contribution < -0.4 is 5.32 Å². The molecular formula is C17H21F2NO4. The first-order chi connectivity index (χ1) is 11.5. The highest BCUT2D eigenvalue weighted by Crippen LogP contribution is 2.31. The van der Waals surface area contributed by atoms with Crippen molar-refractivity contribution in [3.05, 3.63) is 35.9 Å². The maximum atomic E-state index is 14.6. The summed E-state index contributed by atoms with van der Waals surface area (Å²) in [4.78, 5) is 24.0. The number of hydrogen-bond donors (Lipinski definition) is 1. The van der Waals surface area contributed by atoms with Crippen LogP contribution in [0.25, 0.3) is 0 Å². The third-order valence-electron chi connectivity index (χ3n) is 4.00. The summed E-state index contributed by atoms with van der Waals surface area (Å²) in [6.45, 7) is 1.95. The lowest BCUT2D eigenvalue weighted by atomic mass is 9.87. The summed E-state index contributed by atoms with van der Waals surface area (Å²) in [5, 5.41) is 2.34. The quantitative estimate of drug-likeness (QED) is 0.807. The van der Waals surface area contributed by atoms with Crippen molar-refractivity contribution in [3.63, 3.8) is 0 Å². The monoisotopic (exact) mass is 341 g/mol. The molecule has 1 aromatic rings. The van der Waals surface area contributed by atoms with Crippen LogP contribution in [0, 0.1) is 5.92 Å². The van der Waals surface area contributed by atoms with Crippen LogP contribution in [0.15, 0.2) is 30.3 Å².